The van der Waals surface area contributed by atoms with E-state index in [1.54, 1.807) is 0 Å². The van der Waals surface area contributed by atoms with Crippen LogP contribution in [0.5, 0.6) is 0 Å². The molecule has 3 heteroatoms. The highest BCUT2D eigenvalue weighted by atomic mass is 79.9. The Balaban J connectivity index is 0. The number of nitrogens with zero attached hydrogens (tertiary/aromatic N) is 1. The highest BCUT2D eigenvalue weighted by molar-refractivity contribution is 9.09. The average Bonchev–Trinajstić information content (AvgIpc) is 1.82. The van der Waals surface area contributed by atoms with E-state index < -0.39 is 0 Å². The summed E-state index contributed by atoms with van der Waals surface area (Å²) in [5.74, 6) is 0. The molecule has 0 rings (SSSR count). The van der Waals surface area contributed by atoms with Crippen molar-refractivity contribution in [2.45, 2.75) is 31.1 Å². The first-order valence-corrected chi connectivity index (χ1v) is 4.40. The van der Waals surface area contributed by atoms with Crippen LogP contribution in [0.1, 0.15) is 26.2 Å². The molecule has 1 nitrogen and oxygen atoms in total. The maximum atomic E-state index is 3.57. The summed E-state index contributed by atoms with van der Waals surface area (Å²) in [6.07, 6.45) is 3.85. The van der Waals surface area contributed by atoms with Crippen LogP contribution in [-0.4, -0.2) is 23.9 Å². The van der Waals surface area contributed by atoms with Gasteiger partial charge in [-0.25, -0.2) is 0 Å². The third kappa shape index (κ3) is 7.03. The third-order valence-corrected chi connectivity index (χ3v) is 2.63. The van der Waals surface area contributed by atoms with Gasteiger partial charge in [0.2, 0.25) is 0 Å². The Kier molecular flexibility index (Phi) is 10.8. The molecule has 0 aromatic rings. The molecule has 64 valence electrons. The maximum absolute atomic E-state index is 3.57. The molecule has 0 radical (unpaired) electrons. The van der Waals surface area contributed by atoms with Crippen LogP contribution in [0.25, 0.3) is 0 Å². The Morgan fingerprint density at radius 3 is 2.20 bits per heavy atom. The summed E-state index contributed by atoms with van der Waals surface area (Å²) < 4.78 is 0. The van der Waals surface area contributed by atoms with Crippen molar-refractivity contribution in [1.29, 1.82) is 0 Å². The summed E-state index contributed by atoms with van der Waals surface area (Å²) in [7, 11) is 4.18. The third-order valence-electron chi connectivity index (χ3n) is 1.36. The van der Waals surface area contributed by atoms with Gasteiger partial charge in [-0.2, -0.15) is 0 Å². The van der Waals surface area contributed by atoms with Gasteiger partial charge >= 0.3 is 0 Å². The first-order valence-electron chi connectivity index (χ1n) is 3.49. The Hall–Kier alpha value is 0.920. The molecule has 0 amide bonds. The molecular weight excluding hydrogens is 258 g/mol. The molecular formula is C7H17Br2N. The van der Waals surface area contributed by atoms with Crippen molar-refractivity contribution >= 4 is 32.9 Å². The zero-order chi connectivity index (χ0) is 7.28. The molecule has 0 bridgehead atoms. The average molecular weight is 275 g/mol. The van der Waals surface area contributed by atoms with E-state index in [-0.39, 0.29) is 17.0 Å². The van der Waals surface area contributed by atoms with Crippen LogP contribution in [0.15, 0.2) is 0 Å². The smallest absolute Gasteiger partial charge is 0.0650 e. The van der Waals surface area contributed by atoms with E-state index in [0.717, 1.165) is 0 Å². The number of hydrogen-bond donors (Lipinski definition) is 0. The fourth-order valence-electron chi connectivity index (χ4n) is 0.631. The lowest BCUT2D eigenvalue weighted by Crippen LogP contribution is -2.21. The molecule has 1 atom stereocenters. The van der Waals surface area contributed by atoms with Crippen molar-refractivity contribution in [1.82, 2.24) is 4.90 Å². The normalized spacial score (nSPS) is 12.9. The molecule has 0 fully saturated rings. The van der Waals surface area contributed by atoms with E-state index in [1.807, 2.05) is 0 Å². The standard InChI is InChI=1S/C7H16BrN.BrH/c1-4-5-6-7(8)9(2)3;/h7H,4-6H2,1-3H3;1H. The lowest BCUT2D eigenvalue weighted by molar-refractivity contribution is 0.367. The first-order chi connectivity index (χ1) is 4.18. The minimum atomic E-state index is 0. The molecule has 0 N–H and O–H groups in total. The monoisotopic (exact) mass is 273 g/mol. The Labute approximate surface area is 83.1 Å². The van der Waals surface area contributed by atoms with Crippen LogP contribution in [-0.2, 0) is 0 Å². The second-order valence-electron chi connectivity index (χ2n) is 2.54. The Morgan fingerprint density at radius 2 is 1.90 bits per heavy atom. The van der Waals surface area contributed by atoms with Gasteiger partial charge in [-0.1, -0.05) is 35.7 Å². The lowest BCUT2D eigenvalue weighted by Gasteiger charge is -2.16. The molecule has 0 aliphatic heterocycles. The van der Waals surface area contributed by atoms with Crippen molar-refractivity contribution in [3.63, 3.8) is 0 Å². The zero-order valence-corrected chi connectivity index (χ0v) is 10.2. The molecule has 0 heterocycles. The number of unbranched alkanes of at least 4 members (excludes halogenated alkanes) is 1. The summed E-state index contributed by atoms with van der Waals surface area (Å²) in [6.45, 7) is 2.22. The van der Waals surface area contributed by atoms with Gasteiger partial charge in [0.05, 0.1) is 4.95 Å². The van der Waals surface area contributed by atoms with Crippen LogP contribution >= 0.6 is 32.9 Å². The second-order valence-corrected chi connectivity index (χ2v) is 3.60. The molecule has 0 saturated carbocycles. The quantitative estimate of drug-likeness (QED) is 0.563. The van der Waals surface area contributed by atoms with E-state index in [4.69, 9.17) is 0 Å². The van der Waals surface area contributed by atoms with E-state index in [1.165, 1.54) is 19.3 Å². The van der Waals surface area contributed by atoms with Crippen LogP contribution in [0.2, 0.25) is 0 Å². The number of alkyl halides is 1. The zero-order valence-electron chi connectivity index (χ0n) is 6.93. The molecule has 0 aliphatic carbocycles. The van der Waals surface area contributed by atoms with Crippen molar-refractivity contribution in [3.8, 4) is 0 Å². The van der Waals surface area contributed by atoms with Crippen molar-refractivity contribution in [2.75, 3.05) is 14.1 Å². The minimum absolute atomic E-state index is 0. The summed E-state index contributed by atoms with van der Waals surface area (Å²) in [6, 6.07) is 0. The Bertz CT molecular complexity index is 66.6. The van der Waals surface area contributed by atoms with Gasteiger partial charge in [0, 0.05) is 0 Å². The number of hydrogen-bond acceptors (Lipinski definition) is 1. The Morgan fingerprint density at radius 1 is 1.40 bits per heavy atom. The van der Waals surface area contributed by atoms with Crippen molar-refractivity contribution in [2.24, 2.45) is 0 Å². The minimum Gasteiger partial charge on any atom is -0.297 e. The summed E-state index contributed by atoms with van der Waals surface area (Å²) in [5, 5.41) is 0. The molecule has 0 aromatic heterocycles. The fourth-order valence-corrected chi connectivity index (χ4v) is 0.955. The van der Waals surface area contributed by atoms with Gasteiger partial charge in [-0.15, -0.1) is 17.0 Å². The van der Waals surface area contributed by atoms with Crippen LogP contribution in [0.3, 0.4) is 0 Å². The highest BCUT2D eigenvalue weighted by Gasteiger charge is 2.03. The topological polar surface area (TPSA) is 3.24 Å². The summed E-state index contributed by atoms with van der Waals surface area (Å²) >= 11 is 3.57. The molecule has 0 saturated heterocycles. The maximum Gasteiger partial charge on any atom is 0.0650 e. The fraction of sp³-hybridized carbons (Fsp3) is 1.00. The number of halogens is 2. The largest absolute Gasteiger partial charge is 0.297 e. The summed E-state index contributed by atoms with van der Waals surface area (Å²) in [5.41, 5.74) is 0. The van der Waals surface area contributed by atoms with Crippen LogP contribution in [0.4, 0.5) is 0 Å². The van der Waals surface area contributed by atoms with E-state index >= 15 is 0 Å². The van der Waals surface area contributed by atoms with E-state index in [0.29, 0.717) is 4.95 Å². The summed E-state index contributed by atoms with van der Waals surface area (Å²) in [4.78, 5) is 2.76. The second kappa shape index (κ2) is 8.02. The van der Waals surface area contributed by atoms with Gasteiger partial charge in [-0.05, 0) is 20.5 Å². The lowest BCUT2D eigenvalue weighted by atomic mass is 10.2. The van der Waals surface area contributed by atoms with Gasteiger partial charge in [-0.3, -0.25) is 4.90 Å². The predicted octanol–water partition coefficient (Wildman–Crippen LogP) is 3.04. The van der Waals surface area contributed by atoms with Crippen LogP contribution in [0, 0.1) is 0 Å². The molecule has 1 unspecified atom stereocenters. The molecule has 0 aromatic carbocycles. The number of rotatable bonds is 4. The molecule has 0 spiro atoms. The van der Waals surface area contributed by atoms with Crippen LogP contribution < -0.4 is 0 Å². The van der Waals surface area contributed by atoms with Gasteiger partial charge in [0.25, 0.3) is 0 Å². The van der Waals surface area contributed by atoms with Gasteiger partial charge in [0.15, 0.2) is 0 Å². The highest BCUT2D eigenvalue weighted by Crippen LogP contribution is 2.10. The van der Waals surface area contributed by atoms with Crippen molar-refractivity contribution in [3.05, 3.63) is 0 Å². The first kappa shape index (κ1) is 13.5. The SMILES string of the molecule is Br.CCCCC(Br)N(C)C. The van der Waals surface area contributed by atoms with E-state index in [2.05, 4.69) is 41.8 Å². The predicted molar refractivity (Wildman–Crippen MR) is 56.2 cm³/mol. The van der Waals surface area contributed by atoms with Gasteiger partial charge in [0.1, 0.15) is 0 Å². The molecule has 0 aliphatic rings. The van der Waals surface area contributed by atoms with Gasteiger partial charge < -0.3 is 0 Å². The molecule has 10 heavy (non-hydrogen) atoms. The van der Waals surface area contributed by atoms with Crippen molar-refractivity contribution < 1.29 is 0 Å². The van der Waals surface area contributed by atoms with E-state index in [9.17, 15) is 0 Å².